The van der Waals surface area contributed by atoms with E-state index in [9.17, 15) is 14.4 Å². The highest BCUT2D eigenvalue weighted by Crippen LogP contribution is 2.26. The number of aromatic nitrogens is 3. The highest BCUT2D eigenvalue weighted by atomic mass is 16.5. The Kier molecular flexibility index (Phi) is 6.88. The van der Waals surface area contributed by atoms with Gasteiger partial charge >= 0.3 is 6.01 Å². The quantitative estimate of drug-likeness (QED) is 0.331. The van der Waals surface area contributed by atoms with E-state index in [1.54, 1.807) is 62.4 Å². The second-order valence-electron chi connectivity index (χ2n) is 9.00. The molecule has 2 amide bonds. The van der Waals surface area contributed by atoms with Gasteiger partial charge in [0.1, 0.15) is 5.75 Å². The van der Waals surface area contributed by atoms with Crippen molar-refractivity contribution >= 4 is 22.8 Å². The van der Waals surface area contributed by atoms with Gasteiger partial charge in [-0.05, 0) is 73.5 Å². The lowest BCUT2D eigenvalue weighted by Crippen LogP contribution is -2.23. The lowest BCUT2D eigenvalue weighted by molar-refractivity contribution is 0.0949. The van der Waals surface area contributed by atoms with Crippen molar-refractivity contribution in [1.29, 1.82) is 0 Å². The normalized spacial score (nSPS) is 10.8. The van der Waals surface area contributed by atoms with Gasteiger partial charge in [0.15, 0.2) is 5.65 Å². The fourth-order valence-corrected chi connectivity index (χ4v) is 4.19. The summed E-state index contributed by atoms with van der Waals surface area (Å²) < 4.78 is 7.38. The van der Waals surface area contributed by atoms with E-state index in [2.05, 4.69) is 15.3 Å². The van der Waals surface area contributed by atoms with Gasteiger partial charge in [0, 0.05) is 29.1 Å². The van der Waals surface area contributed by atoms with E-state index in [0.717, 1.165) is 5.56 Å². The first-order valence-electron chi connectivity index (χ1n) is 12.2. The third kappa shape index (κ3) is 5.37. The molecule has 5 rings (SSSR count). The molecule has 39 heavy (non-hydrogen) atoms. The van der Waals surface area contributed by atoms with Crippen LogP contribution in [0.2, 0.25) is 0 Å². The minimum atomic E-state index is -0.536. The Bertz CT molecular complexity index is 1760. The van der Waals surface area contributed by atoms with Crippen molar-refractivity contribution in [2.24, 2.45) is 5.73 Å². The molecule has 194 valence electrons. The topological polar surface area (TPSA) is 129 Å². The smallest absolute Gasteiger partial charge is 0.324 e. The van der Waals surface area contributed by atoms with Gasteiger partial charge in [0.05, 0.1) is 11.4 Å². The average Bonchev–Trinajstić information content (AvgIpc) is 2.93. The Hall–Kier alpha value is -5.31. The molecule has 2 heterocycles. The molecule has 0 aliphatic heterocycles. The third-order valence-corrected chi connectivity index (χ3v) is 6.26. The largest absolute Gasteiger partial charge is 0.424 e. The van der Waals surface area contributed by atoms with E-state index < -0.39 is 5.91 Å². The van der Waals surface area contributed by atoms with Gasteiger partial charge in [0.2, 0.25) is 5.91 Å². The Morgan fingerprint density at radius 2 is 1.62 bits per heavy atom. The number of nitrogens with zero attached hydrogens (tertiary/aromatic N) is 3. The maximum absolute atomic E-state index is 13.0. The number of rotatable bonds is 7. The van der Waals surface area contributed by atoms with Crippen molar-refractivity contribution in [2.75, 3.05) is 0 Å². The Morgan fingerprint density at radius 1 is 0.897 bits per heavy atom. The summed E-state index contributed by atoms with van der Waals surface area (Å²) in [5, 5.41) is 3.57. The Morgan fingerprint density at radius 3 is 2.31 bits per heavy atom. The van der Waals surface area contributed by atoms with Gasteiger partial charge in [-0.2, -0.15) is 9.97 Å². The average molecular weight is 520 g/mol. The van der Waals surface area contributed by atoms with Crippen LogP contribution in [0.5, 0.6) is 11.8 Å². The summed E-state index contributed by atoms with van der Waals surface area (Å²) in [6.45, 7) is 3.99. The van der Waals surface area contributed by atoms with Gasteiger partial charge in [0.25, 0.3) is 11.5 Å². The number of pyridine rings is 1. The number of aryl methyl sites for hydroxylation is 2. The maximum atomic E-state index is 13.0. The lowest BCUT2D eigenvalue weighted by atomic mass is 10.1. The molecule has 0 saturated heterocycles. The summed E-state index contributed by atoms with van der Waals surface area (Å²) in [7, 11) is 0. The summed E-state index contributed by atoms with van der Waals surface area (Å²) in [6, 6.07) is 24.3. The zero-order valence-corrected chi connectivity index (χ0v) is 21.3. The molecule has 0 aliphatic carbocycles. The van der Waals surface area contributed by atoms with Crippen LogP contribution < -0.4 is 21.3 Å². The van der Waals surface area contributed by atoms with E-state index >= 15 is 0 Å². The van der Waals surface area contributed by atoms with E-state index in [-0.39, 0.29) is 17.5 Å². The Balaban J connectivity index is 1.46. The molecule has 0 unspecified atom stereocenters. The molecule has 5 aromatic rings. The lowest BCUT2D eigenvalue weighted by Gasteiger charge is -2.13. The predicted octanol–water partition coefficient (Wildman–Crippen LogP) is 4.22. The molecule has 9 nitrogen and oxygen atoms in total. The zero-order valence-electron chi connectivity index (χ0n) is 21.3. The number of carbonyl (C=O) groups is 2. The molecule has 3 aromatic carbocycles. The van der Waals surface area contributed by atoms with Crippen LogP contribution in [0.15, 0.2) is 89.7 Å². The highest BCUT2D eigenvalue weighted by molar-refractivity contribution is 5.94. The standard InChI is InChI=1S/C30H25N5O4/c1-18-16-22(27(31)37)10-14-25(18)39-30-33-19(2)24-13-15-26(36)35(28(24)34-30)23-11-8-21(9-12-23)29(38)32-17-20-6-4-3-5-7-20/h3-16H,17H2,1-2H3,(H2,31,37)(H,32,38). The van der Waals surface area contributed by atoms with Crippen LogP contribution in [0.25, 0.3) is 16.7 Å². The third-order valence-electron chi connectivity index (χ3n) is 6.26. The van der Waals surface area contributed by atoms with Crippen LogP contribution in [0.3, 0.4) is 0 Å². The van der Waals surface area contributed by atoms with Crippen LogP contribution in [-0.4, -0.2) is 26.3 Å². The molecular weight excluding hydrogens is 494 g/mol. The van der Waals surface area contributed by atoms with Gasteiger partial charge in [-0.1, -0.05) is 30.3 Å². The molecule has 0 radical (unpaired) electrons. The molecule has 0 atom stereocenters. The number of benzene rings is 3. The molecule has 0 aliphatic rings. The second kappa shape index (κ2) is 10.6. The van der Waals surface area contributed by atoms with E-state index in [4.69, 9.17) is 10.5 Å². The van der Waals surface area contributed by atoms with Gasteiger partial charge < -0.3 is 15.8 Å². The number of nitrogens with one attached hydrogen (secondary N) is 1. The fraction of sp³-hybridized carbons (Fsp3) is 0.100. The molecule has 0 bridgehead atoms. The minimum Gasteiger partial charge on any atom is -0.424 e. The molecular formula is C30H25N5O4. The summed E-state index contributed by atoms with van der Waals surface area (Å²) in [6.07, 6.45) is 0. The number of primary amides is 1. The van der Waals surface area contributed by atoms with Crippen LogP contribution in [0, 0.1) is 13.8 Å². The van der Waals surface area contributed by atoms with Crippen LogP contribution in [0.4, 0.5) is 0 Å². The summed E-state index contributed by atoms with van der Waals surface area (Å²) in [5.74, 6) is -0.303. The first-order valence-corrected chi connectivity index (χ1v) is 12.2. The first kappa shape index (κ1) is 25.3. The van der Waals surface area contributed by atoms with Gasteiger partial charge in [-0.15, -0.1) is 0 Å². The van der Waals surface area contributed by atoms with Crippen molar-refractivity contribution < 1.29 is 14.3 Å². The van der Waals surface area contributed by atoms with E-state index in [0.29, 0.717) is 51.4 Å². The highest BCUT2D eigenvalue weighted by Gasteiger charge is 2.15. The van der Waals surface area contributed by atoms with Crippen molar-refractivity contribution in [3.63, 3.8) is 0 Å². The van der Waals surface area contributed by atoms with Crippen LogP contribution >= 0.6 is 0 Å². The van der Waals surface area contributed by atoms with Gasteiger partial charge in [-0.3, -0.25) is 19.0 Å². The van der Waals surface area contributed by atoms with E-state index in [1.165, 1.54) is 10.6 Å². The summed E-state index contributed by atoms with van der Waals surface area (Å²) in [5.41, 5.74) is 9.08. The molecule has 0 spiro atoms. The summed E-state index contributed by atoms with van der Waals surface area (Å²) in [4.78, 5) is 46.1. The van der Waals surface area contributed by atoms with Crippen molar-refractivity contribution in [3.8, 4) is 17.4 Å². The number of hydrogen-bond acceptors (Lipinski definition) is 6. The second-order valence-corrected chi connectivity index (χ2v) is 9.00. The number of amides is 2. The number of ether oxygens (including phenoxy) is 1. The molecule has 0 fully saturated rings. The van der Waals surface area contributed by atoms with Crippen LogP contribution in [0.1, 0.15) is 37.5 Å². The van der Waals surface area contributed by atoms with Crippen LogP contribution in [-0.2, 0) is 6.54 Å². The van der Waals surface area contributed by atoms with Crippen molar-refractivity contribution in [1.82, 2.24) is 19.9 Å². The van der Waals surface area contributed by atoms with Crippen molar-refractivity contribution in [2.45, 2.75) is 20.4 Å². The maximum Gasteiger partial charge on any atom is 0.324 e. The number of carbonyl (C=O) groups excluding carboxylic acids is 2. The number of nitrogens with two attached hydrogens (primary N) is 1. The molecule has 3 N–H and O–H groups in total. The minimum absolute atomic E-state index is 0.0474. The number of fused-ring (bicyclic) bond motifs is 1. The van der Waals surface area contributed by atoms with Crippen molar-refractivity contribution in [3.05, 3.63) is 123 Å². The molecule has 2 aromatic heterocycles. The van der Waals surface area contributed by atoms with Gasteiger partial charge in [-0.25, -0.2) is 0 Å². The first-order chi connectivity index (χ1) is 18.8. The fourth-order valence-electron chi connectivity index (χ4n) is 4.19. The SMILES string of the molecule is Cc1cc(C(N)=O)ccc1Oc1nc(C)c2ccc(=O)n(-c3ccc(C(=O)NCc4ccccc4)cc3)c2n1. The molecule has 0 saturated carbocycles. The molecule has 9 heteroatoms. The summed E-state index contributed by atoms with van der Waals surface area (Å²) >= 11 is 0. The Labute approximate surface area is 223 Å². The predicted molar refractivity (Wildman–Crippen MR) is 147 cm³/mol. The zero-order chi connectivity index (χ0) is 27.5. The van der Waals surface area contributed by atoms with E-state index in [1.807, 2.05) is 30.3 Å². The number of hydrogen-bond donors (Lipinski definition) is 2. The monoisotopic (exact) mass is 519 g/mol.